The second-order valence-corrected chi connectivity index (χ2v) is 12.9. The van der Waals surface area contributed by atoms with Crippen LogP contribution in [-0.2, 0) is 10.1 Å². The minimum absolute atomic E-state index is 0.0430. The lowest BCUT2D eigenvalue weighted by Crippen LogP contribution is -1.97. The summed E-state index contributed by atoms with van der Waals surface area (Å²) < 4.78 is 33.8. The zero-order chi connectivity index (χ0) is 34.8. The van der Waals surface area contributed by atoms with Crippen molar-refractivity contribution < 1.29 is 18.1 Å². The molecule has 0 saturated heterocycles. The van der Waals surface area contributed by atoms with Crippen molar-refractivity contribution in [3.8, 4) is 5.75 Å². The van der Waals surface area contributed by atoms with E-state index in [2.05, 4.69) is 36.0 Å². The molecule has 12 heteroatoms. The molecule has 0 heterocycles. The summed E-state index contributed by atoms with van der Waals surface area (Å²) in [6.45, 7) is 1.91. The van der Waals surface area contributed by atoms with Crippen molar-refractivity contribution in [2.45, 2.75) is 11.8 Å². The van der Waals surface area contributed by atoms with Crippen LogP contribution in [0, 0.1) is 6.92 Å². The fraction of sp³-hybridized carbons (Fsp3) is 0.0526. The van der Waals surface area contributed by atoms with E-state index in [1.54, 1.807) is 30.3 Å². The molecule has 7 aromatic rings. The van der Waals surface area contributed by atoms with Gasteiger partial charge in [0.1, 0.15) is 5.69 Å². The molecule has 50 heavy (non-hydrogen) atoms. The van der Waals surface area contributed by atoms with Gasteiger partial charge in [-0.15, -0.1) is 20.5 Å². The lowest BCUT2D eigenvalue weighted by Gasteiger charge is -2.08. The van der Waals surface area contributed by atoms with Crippen molar-refractivity contribution in [2.75, 3.05) is 12.4 Å². The zero-order valence-electron chi connectivity index (χ0n) is 26.8. The Kier molecular flexibility index (Phi) is 8.54. The molecule has 0 aliphatic rings. The van der Waals surface area contributed by atoms with E-state index < -0.39 is 10.1 Å². The second-order valence-electron chi connectivity index (χ2n) is 11.5. The number of anilines is 1. The number of nitrogens with one attached hydrogen (secondary N) is 1. The molecule has 7 rings (SSSR count). The lowest BCUT2D eigenvalue weighted by atomic mass is 10.1. The van der Waals surface area contributed by atoms with E-state index in [1.165, 1.54) is 18.2 Å². The van der Waals surface area contributed by atoms with Crippen molar-refractivity contribution in [3.63, 3.8) is 0 Å². The number of aromatic hydroxyl groups is 1. The van der Waals surface area contributed by atoms with Crippen LogP contribution in [0.15, 0.2) is 157 Å². The first-order chi connectivity index (χ1) is 24.2. The molecule has 0 spiro atoms. The number of hydrogen-bond acceptors (Lipinski definition) is 10. The van der Waals surface area contributed by atoms with E-state index in [4.69, 9.17) is 0 Å². The van der Waals surface area contributed by atoms with Crippen LogP contribution in [0.2, 0.25) is 0 Å². The van der Waals surface area contributed by atoms with Crippen LogP contribution < -0.4 is 5.32 Å². The summed E-state index contributed by atoms with van der Waals surface area (Å²) in [5, 5.41) is 44.9. The molecule has 0 aliphatic carbocycles. The third-order valence-corrected chi connectivity index (χ3v) is 9.10. The summed E-state index contributed by atoms with van der Waals surface area (Å²) in [5.41, 5.74) is 4.75. The Labute approximate surface area is 287 Å². The van der Waals surface area contributed by atoms with Gasteiger partial charge in [-0.1, -0.05) is 48.5 Å². The van der Waals surface area contributed by atoms with Crippen LogP contribution in [0.5, 0.6) is 5.75 Å². The smallest absolute Gasteiger partial charge is 0.294 e. The molecule has 0 bridgehead atoms. The molecule has 7 aromatic carbocycles. The Bertz CT molecular complexity index is 2650. The monoisotopic (exact) mass is 679 g/mol. The Morgan fingerprint density at radius 3 is 1.96 bits per heavy atom. The number of azo groups is 3. The molecule has 246 valence electrons. The molecule has 3 N–H and O–H groups in total. The third kappa shape index (κ3) is 6.52. The second kappa shape index (κ2) is 13.3. The average Bonchev–Trinajstić information content (AvgIpc) is 3.12. The summed E-state index contributed by atoms with van der Waals surface area (Å²) in [7, 11) is -2.70. The predicted molar refractivity (Wildman–Crippen MR) is 197 cm³/mol. The number of phenolic OH excluding ortho intramolecular Hbond substituents is 1. The minimum Gasteiger partial charge on any atom is -0.505 e. The van der Waals surface area contributed by atoms with Crippen molar-refractivity contribution in [1.29, 1.82) is 0 Å². The van der Waals surface area contributed by atoms with Crippen molar-refractivity contribution in [2.24, 2.45) is 30.7 Å². The van der Waals surface area contributed by atoms with Crippen LogP contribution in [-0.4, -0.2) is 25.1 Å². The maximum absolute atomic E-state index is 12.0. The summed E-state index contributed by atoms with van der Waals surface area (Å²) in [5.74, 6) is -0.0430. The Morgan fingerprint density at radius 2 is 1.18 bits per heavy atom. The fourth-order valence-electron chi connectivity index (χ4n) is 5.61. The van der Waals surface area contributed by atoms with Crippen LogP contribution >= 0.6 is 0 Å². The first-order valence-electron chi connectivity index (χ1n) is 15.5. The summed E-state index contributed by atoms with van der Waals surface area (Å²) in [6, 6.07) is 35.8. The normalized spacial score (nSPS) is 12.3. The maximum Gasteiger partial charge on any atom is 0.294 e. The predicted octanol–water partition coefficient (Wildman–Crippen LogP) is 11.7. The van der Waals surface area contributed by atoms with Gasteiger partial charge in [0.05, 0.1) is 33.3 Å². The van der Waals surface area contributed by atoms with E-state index in [9.17, 15) is 18.1 Å². The molecule has 0 fully saturated rings. The van der Waals surface area contributed by atoms with E-state index >= 15 is 0 Å². The average molecular weight is 680 g/mol. The van der Waals surface area contributed by atoms with Gasteiger partial charge in [-0.2, -0.15) is 18.6 Å². The molecule has 0 aliphatic heterocycles. The van der Waals surface area contributed by atoms with Gasteiger partial charge in [-0.25, -0.2) is 0 Å². The lowest BCUT2D eigenvalue weighted by molar-refractivity contribution is 0.482. The van der Waals surface area contributed by atoms with Gasteiger partial charge in [-0.05, 0) is 96.1 Å². The van der Waals surface area contributed by atoms with Crippen molar-refractivity contribution >= 4 is 82.2 Å². The molecule has 0 saturated carbocycles. The topological polar surface area (TPSA) is 161 Å². The Morgan fingerprint density at radius 1 is 0.540 bits per heavy atom. The summed E-state index contributed by atoms with van der Waals surface area (Å²) >= 11 is 0. The molecular formula is C38H29N7O4S. The van der Waals surface area contributed by atoms with E-state index in [1.807, 2.05) is 86.8 Å². The van der Waals surface area contributed by atoms with E-state index in [0.29, 0.717) is 38.9 Å². The SMILES string of the molecule is CNc1ccc2c(O)c(N=Nc3ccc(N=Nc4ccc(N=Nc5cccc6ccccc56)c(C)c4)c4ccc(S(=O)(=O)O)cc34)ccc2c1. The largest absolute Gasteiger partial charge is 0.505 e. The van der Waals surface area contributed by atoms with E-state index in [-0.39, 0.29) is 16.3 Å². The molecule has 0 amide bonds. The van der Waals surface area contributed by atoms with Gasteiger partial charge >= 0.3 is 0 Å². The number of phenols is 1. The highest BCUT2D eigenvalue weighted by atomic mass is 32.2. The van der Waals surface area contributed by atoms with Crippen molar-refractivity contribution in [3.05, 3.63) is 127 Å². The molecule has 11 nitrogen and oxygen atoms in total. The summed E-state index contributed by atoms with van der Waals surface area (Å²) in [4.78, 5) is -0.312. The zero-order valence-corrected chi connectivity index (χ0v) is 27.7. The van der Waals surface area contributed by atoms with E-state index in [0.717, 1.165) is 33.1 Å². The first-order valence-corrected chi connectivity index (χ1v) is 16.9. The third-order valence-electron chi connectivity index (χ3n) is 8.25. The number of aryl methyl sites for hydroxylation is 1. The highest BCUT2D eigenvalue weighted by Gasteiger charge is 2.15. The Hall–Kier alpha value is -6.37. The highest BCUT2D eigenvalue weighted by molar-refractivity contribution is 7.85. The van der Waals surface area contributed by atoms with Crippen LogP contribution in [0.3, 0.4) is 0 Å². The minimum atomic E-state index is -4.51. The molecule has 0 aromatic heterocycles. The van der Waals surface area contributed by atoms with Gasteiger partial charge in [0.2, 0.25) is 0 Å². The number of benzene rings is 7. The van der Waals surface area contributed by atoms with Crippen LogP contribution in [0.1, 0.15) is 5.56 Å². The van der Waals surface area contributed by atoms with Gasteiger partial charge in [-0.3, -0.25) is 4.55 Å². The number of hydrogen-bond donors (Lipinski definition) is 3. The molecular weight excluding hydrogens is 651 g/mol. The van der Waals surface area contributed by atoms with Crippen LogP contribution in [0.4, 0.5) is 39.8 Å². The summed E-state index contributed by atoms with van der Waals surface area (Å²) in [6.07, 6.45) is 0. The van der Waals surface area contributed by atoms with Gasteiger partial charge in [0.15, 0.2) is 5.75 Å². The fourth-order valence-corrected chi connectivity index (χ4v) is 6.11. The Balaban J connectivity index is 1.20. The quantitative estimate of drug-likeness (QED) is 0.107. The van der Waals surface area contributed by atoms with Gasteiger partial charge in [0.25, 0.3) is 10.1 Å². The number of nitrogens with zero attached hydrogens (tertiary/aromatic N) is 6. The van der Waals surface area contributed by atoms with Gasteiger partial charge in [0, 0.05) is 34.3 Å². The molecule has 0 atom stereocenters. The number of rotatable bonds is 8. The van der Waals surface area contributed by atoms with Gasteiger partial charge < -0.3 is 10.4 Å². The van der Waals surface area contributed by atoms with Crippen LogP contribution in [0.25, 0.3) is 32.3 Å². The molecule has 0 radical (unpaired) electrons. The first kappa shape index (κ1) is 32.2. The molecule has 0 unspecified atom stereocenters. The number of fused-ring (bicyclic) bond motifs is 3. The standard InChI is InChI=1S/C38H29N7O4S/c1-23-20-27(12-17-33(23)41-43-34-9-5-7-24-6-3-4-8-29(24)34)40-42-35-18-19-36(32-22-28(50(47,48)49)13-15-31(32)35)44-45-37-16-10-25-21-26(39-2)11-14-30(25)38(37)46/h3-22,39,46H,1-2H3,(H,47,48,49). The van der Waals surface area contributed by atoms with Crippen molar-refractivity contribution in [1.82, 2.24) is 0 Å². The highest BCUT2D eigenvalue weighted by Crippen LogP contribution is 2.40. The maximum atomic E-state index is 12.0.